The lowest BCUT2D eigenvalue weighted by Gasteiger charge is -2.20. The van der Waals surface area contributed by atoms with E-state index in [2.05, 4.69) is 31.0 Å². The van der Waals surface area contributed by atoms with Gasteiger partial charge in [-0.2, -0.15) is 0 Å². The van der Waals surface area contributed by atoms with Gasteiger partial charge in [0.05, 0.1) is 23.4 Å². The first-order chi connectivity index (χ1) is 15.5. The van der Waals surface area contributed by atoms with E-state index in [9.17, 15) is 4.79 Å². The predicted molar refractivity (Wildman–Crippen MR) is 128 cm³/mol. The summed E-state index contributed by atoms with van der Waals surface area (Å²) in [5.41, 5.74) is 4.20. The first-order valence-corrected chi connectivity index (χ1v) is 11.3. The van der Waals surface area contributed by atoms with Crippen molar-refractivity contribution >= 4 is 32.6 Å². The van der Waals surface area contributed by atoms with Crippen LogP contribution in [0, 0.1) is 13.8 Å². The van der Waals surface area contributed by atoms with Crippen molar-refractivity contribution < 1.29 is 14.3 Å². The minimum absolute atomic E-state index is 0.0950. The van der Waals surface area contributed by atoms with E-state index in [-0.39, 0.29) is 12.5 Å². The second-order valence-electron chi connectivity index (χ2n) is 7.43. The molecule has 164 valence electrons. The maximum atomic E-state index is 13.2. The Bertz CT molecular complexity index is 1170. The molecule has 7 heteroatoms. The molecule has 4 rings (SSSR count). The van der Waals surface area contributed by atoms with Gasteiger partial charge in [-0.05, 0) is 79.9 Å². The van der Waals surface area contributed by atoms with Gasteiger partial charge in [0, 0.05) is 12.4 Å². The van der Waals surface area contributed by atoms with Gasteiger partial charge in [-0.15, -0.1) is 0 Å². The number of carbonyl (C=O) groups is 1. The molecule has 0 bridgehead atoms. The minimum atomic E-state index is -0.171. The lowest BCUT2D eigenvalue weighted by atomic mass is 10.1. The third-order valence-corrected chi connectivity index (χ3v) is 6.13. The molecule has 2 aromatic heterocycles. The molecule has 0 saturated carbocycles. The monoisotopic (exact) mass is 447 g/mol. The van der Waals surface area contributed by atoms with Crippen LogP contribution in [0.1, 0.15) is 23.6 Å². The van der Waals surface area contributed by atoms with Crippen LogP contribution in [-0.2, 0) is 11.3 Å². The van der Waals surface area contributed by atoms with Gasteiger partial charge in [0.25, 0.3) is 5.91 Å². The van der Waals surface area contributed by atoms with Crippen molar-refractivity contribution in [1.82, 2.24) is 9.97 Å². The Kier molecular flexibility index (Phi) is 6.66. The number of ether oxygens (including phenoxy) is 2. The molecule has 0 atom stereocenters. The molecular formula is C25H25N3O3S. The summed E-state index contributed by atoms with van der Waals surface area (Å²) in [4.78, 5) is 23.8. The summed E-state index contributed by atoms with van der Waals surface area (Å²) in [6.45, 7) is 6.96. The molecule has 32 heavy (non-hydrogen) atoms. The van der Waals surface area contributed by atoms with E-state index in [0.717, 1.165) is 21.5 Å². The van der Waals surface area contributed by atoms with E-state index in [1.165, 1.54) is 22.5 Å². The van der Waals surface area contributed by atoms with Crippen molar-refractivity contribution in [3.63, 3.8) is 0 Å². The van der Waals surface area contributed by atoms with Gasteiger partial charge in [0.1, 0.15) is 11.5 Å². The Morgan fingerprint density at radius 2 is 1.75 bits per heavy atom. The first-order valence-electron chi connectivity index (χ1n) is 10.5. The van der Waals surface area contributed by atoms with Crippen LogP contribution in [0.2, 0.25) is 0 Å². The van der Waals surface area contributed by atoms with E-state index in [0.29, 0.717) is 24.0 Å². The second-order valence-corrected chi connectivity index (χ2v) is 8.44. The zero-order chi connectivity index (χ0) is 22.5. The highest BCUT2D eigenvalue weighted by molar-refractivity contribution is 7.22. The quantitative estimate of drug-likeness (QED) is 0.366. The maximum Gasteiger partial charge on any atom is 0.267 e. The average Bonchev–Trinajstić information content (AvgIpc) is 3.20. The van der Waals surface area contributed by atoms with Crippen molar-refractivity contribution in [2.24, 2.45) is 0 Å². The Balaban J connectivity index is 1.56. The van der Waals surface area contributed by atoms with Crippen LogP contribution in [0.15, 0.2) is 60.9 Å². The standard InChI is InChI=1S/C25H25N3O3S/c1-4-30-20-7-9-21(10-8-20)31-16-24(29)28(15-19-6-5-11-26-14-19)25-27-22-12-17(2)18(3)13-23(22)32-25/h5-14H,4,15-16H2,1-3H3. The number of thiazole rings is 1. The zero-order valence-electron chi connectivity index (χ0n) is 18.4. The molecule has 0 aliphatic heterocycles. The molecular weight excluding hydrogens is 422 g/mol. The minimum Gasteiger partial charge on any atom is -0.494 e. The van der Waals surface area contributed by atoms with Crippen molar-refractivity contribution in [2.45, 2.75) is 27.3 Å². The largest absolute Gasteiger partial charge is 0.494 e. The molecule has 0 unspecified atom stereocenters. The molecule has 2 aromatic carbocycles. The molecule has 2 heterocycles. The summed E-state index contributed by atoms with van der Waals surface area (Å²) in [6.07, 6.45) is 3.48. The summed E-state index contributed by atoms with van der Waals surface area (Å²) in [6, 6.07) is 15.2. The number of amides is 1. The number of hydrogen-bond acceptors (Lipinski definition) is 6. The van der Waals surface area contributed by atoms with Crippen LogP contribution in [0.5, 0.6) is 11.5 Å². The normalized spacial score (nSPS) is 10.8. The van der Waals surface area contributed by atoms with Gasteiger partial charge in [0.15, 0.2) is 11.7 Å². The number of nitrogens with zero attached hydrogens (tertiary/aromatic N) is 3. The molecule has 0 aliphatic carbocycles. The second kappa shape index (κ2) is 9.78. The SMILES string of the molecule is CCOc1ccc(OCC(=O)N(Cc2cccnc2)c2nc3cc(C)c(C)cc3s2)cc1. The van der Waals surface area contributed by atoms with Crippen molar-refractivity contribution in [3.05, 3.63) is 77.6 Å². The van der Waals surface area contributed by atoms with Crippen LogP contribution in [0.4, 0.5) is 5.13 Å². The Morgan fingerprint density at radius 1 is 1.03 bits per heavy atom. The summed E-state index contributed by atoms with van der Waals surface area (Å²) in [5, 5.41) is 0.647. The molecule has 1 amide bonds. The average molecular weight is 448 g/mol. The number of aryl methyl sites for hydroxylation is 2. The number of carbonyl (C=O) groups excluding carboxylic acids is 1. The van der Waals surface area contributed by atoms with Gasteiger partial charge < -0.3 is 9.47 Å². The third kappa shape index (κ3) is 5.06. The number of fused-ring (bicyclic) bond motifs is 1. The highest BCUT2D eigenvalue weighted by Crippen LogP contribution is 2.32. The Labute approximate surface area is 191 Å². The molecule has 0 N–H and O–H groups in total. The van der Waals surface area contributed by atoms with Crippen molar-refractivity contribution in [3.8, 4) is 11.5 Å². The van der Waals surface area contributed by atoms with Crippen molar-refractivity contribution in [2.75, 3.05) is 18.1 Å². The first kappa shape index (κ1) is 21.8. The van der Waals surface area contributed by atoms with E-state index in [1.807, 2.05) is 31.2 Å². The molecule has 6 nitrogen and oxygen atoms in total. The number of anilines is 1. The topological polar surface area (TPSA) is 64.6 Å². The summed E-state index contributed by atoms with van der Waals surface area (Å²) < 4.78 is 12.3. The summed E-state index contributed by atoms with van der Waals surface area (Å²) >= 11 is 1.51. The number of benzene rings is 2. The zero-order valence-corrected chi connectivity index (χ0v) is 19.2. The number of pyridine rings is 1. The van der Waals surface area contributed by atoms with E-state index < -0.39 is 0 Å². The van der Waals surface area contributed by atoms with Gasteiger partial charge >= 0.3 is 0 Å². The molecule has 4 aromatic rings. The molecule has 0 saturated heterocycles. The Hall–Kier alpha value is -3.45. The van der Waals surface area contributed by atoms with Gasteiger partial charge in [-0.3, -0.25) is 14.7 Å². The van der Waals surface area contributed by atoms with Crippen molar-refractivity contribution in [1.29, 1.82) is 0 Å². The predicted octanol–water partition coefficient (Wildman–Crippen LogP) is 5.32. The summed E-state index contributed by atoms with van der Waals surface area (Å²) in [5.74, 6) is 1.21. The Morgan fingerprint density at radius 3 is 2.44 bits per heavy atom. The maximum absolute atomic E-state index is 13.2. The summed E-state index contributed by atoms with van der Waals surface area (Å²) in [7, 11) is 0. The van der Waals surface area contributed by atoms with Gasteiger partial charge in [-0.25, -0.2) is 4.98 Å². The van der Waals surface area contributed by atoms with E-state index in [1.54, 1.807) is 29.4 Å². The highest BCUT2D eigenvalue weighted by Gasteiger charge is 2.21. The van der Waals surface area contributed by atoms with Gasteiger partial charge in [-0.1, -0.05) is 17.4 Å². The highest BCUT2D eigenvalue weighted by atomic mass is 32.1. The number of hydrogen-bond donors (Lipinski definition) is 0. The van der Waals surface area contributed by atoms with Crippen LogP contribution < -0.4 is 14.4 Å². The lowest BCUT2D eigenvalue weighted by molar-refractivity contribution is -0.120. The molecule has 0 radical (unpaired) electrons. The van der Waals surface area contributed by atoms with E-state index >= 15 is 0 Å². The van der Waals surface area contributed by atoms with E-state index in [4.69, 9.17) is 14.5 Å². The van der Waals surface area contributed by atoms with Gasteiger partial charge in [0.2, 0.25) is 0 Å². The smallest absolute Gasteiger partial charge is 0.267 e. The molecule has 0 aliphatic rings. The number of aromatic nitrogens is 2. The molecule has 0 fully saturated rings. The number of rotatable bonds is 8. The fourth-order valence-electron chi connectivity index (χ4n) is 3.24. The van der Waals surface area contributed by atoms with Crippen LogP contribution in [-0.4, -0.2) is 29.1 Å². The van der Waals surface area contributed by atoms with Crippen LogP contribution in [0.25, 0.3) is 10.2 Å². The lowest BCUT2D eigenvalue weighted by Crippen LogP contribution is -2.34. The fraction of sp³-hybridized carbons (Fsp3) is 0.240. The van der Waals surface area contributed by atoms with Crippen LogP contribution >= 0.6 is 11.3 Å². The fourth-order valence-corrected chi connectivity index (χ4v) is 4.30. The molecule has 0 spiro atoms. The third-order valence-electron chi connectivity index (χ3n) is 5.09. The van der Waals surface area contributed by atoms with Crippen LogP contribution in [0.3, 0.4) is 0 Å².